The van der Waals surface area contributed by atoms with E-state index in [0.29, 0.717) is 34.0 Å². The van der Waals surface area contributed by atoms with E-state index in [1.807, 2.05) is 6.92 Å². The van der Waals surface area contributed by atoms with Gasteiger partial charge in [0.1, 0.15) is 11.5 Å². The molecular formula is C29H29N3O7S2. The van der Waals surface area contributed by atoms with E-state index in [4.69, 9.17) is 9.47 Å². The zero-order valence-corrected chi connectivity index (χ0v) is 24.4. The lowest BCUT2D eigenvalue weighted by atomic mass is 10.1. The Balaban J connectivity index is 1.44. The fourth-order valence-electron chi connectivity index (χ4n) is 3.85. The van der Waals surface area contributed by atoms with Crippen molar-refractivity contribution in [1.82, 2.24) is 0 Å². The van der Waals surface area contributed by atoms with Crippen LogP contribution in [0.4, 0.5) is 17.1 Å². The molecule has 0 bridgehead atoms. The summed E-state index contributed by atoms with van der Waals surface area (Å²) in [7, 11) is -4.83. The van der Waals surface area contributed by atoms with Crippen LogP contribution in [0.2, 0.25) is 0 Å². The van der Waals surface area contributed by atoms with E-state index in [1.165, 1.54) is 68.8 Å². The molecule has 0 radical (unpaired) electrons. The topological polar surface area (TPSA) is 140 Å². The number of rotatable bonds is 10. The number of ether oxygens (including phenoxy) is 2. The first-order chi connectivity index (χ1) is 19.4. The Kier molecular flexibility index (Phi) is 8.55. The van der Waals surface area contributed by atoms with Gasteiger partial charge in [-0.2, -0.15) is 0 Å². The van der Waals surface area contributed by atoms with Crippen LogP contribution in [-0.4, -0.2) is 37.0 Å². The molecule has 4 aromatic rings. The molecule has 0 heterocycles. The number of hydrogen-bond acceptors (Lipinski definition) is 7. The fourth-order valence-corrected chi connectivity index (χ4v) is 6.05. The Morgan fingerprint density at radius 3 is 1.78 bits per heavy atom. The van der Waals surface area contributed by atoms with E-state index < -0.39 is 26.0 Å². The zero-order chi connectivity index (χ0) is 29.8. The predicted molar refractivity (Wildman–Crippen MR) is 158 cm³/mol. The zero-order valence-electron chi connectivity index (χ0n) is 22.8. The smallest absolute Gasteiger partial charge is 0.262 e. The number of hydrogen-bond donors (Lipinski definition) is 3. The van der Waals surface area contributed by atoms with Crippen LogP contribution < -0.4 is 24.2 Å². The largest absolute Gasteiger partial charge is 0.497 e. The predicted octanol–water partition coefficient (Wildman–Crippen LogP) is 5.17. The van der Waals surface area contributed by atoms with Gasteiger partial charge in [-0.15, -0.1) is 0 Å². The molecule has 0 fully saturated rings. The maximum Gasteiger partial charge on any atom is 0.262 e. The molecule has 10 nitrogen and oxygen atoms in total. The number of amides is 1. The second-order valence-corrected chi connectivity index (χ2v) is 12.5. The number of carbonyl (C=O) groups excluding carboxylic acids is 1. The third kappa shape index (κ3) is 6.97. The molecule has 0 unspecified atom stereocenters. The Labute approximate surface area is 239 Å². The number of methoxy groups -OCH3 is 2. The summed E-state index contributed by atoms with van der Waals surface area (Å²) in [6, 6.07) is 21.4. The quantitative estimate of drug-likeness (QED) is 0.230. The second kappa shape index (κ2) is 11.9. The highest BCUT2D eigenvalue weighted by Gasteiger charge is 2.19. The minimum atomic E-state index is -3.95. The van der Waals surface area contributed by atoms with Crippen LogP contribution in [0, 0.1) is 13.8 Å². The highest BCUT2D eigenvalue weighted by atomic mass is 32.2. The second-order valence-electron chi connectivity index (χ2n) is 9.10. The molecule has 0 spiro atoms. The van der Waals surface area contributed by atoms with Crippen LogP contribution in [0.25, 0.3) is 0 Å². The van der Waals surface area contributed by atoms with Crippen LogP contribution in [-0.2, 0) is 20.0 Å². The van der Waals surface area contributed by atoms with Gasteiger partial charge in [-0.05, 0) is 86.1 Å². The molecule has 4 aromatic carbocycles. The molecule has 0 aliphatic carbocycles. The van der Waals surface area contributed by atoms with Crippen molar-refractivity contribution in [3.8, 4) is 11.5 Å². The van der Waals surface area contributed by atoms with Gasteiger partial charge < -0.3 is 14.8 Å². The van der Waals surface area contributed by atoms with Crippen molar-refractivity contribution >= 4 is 43.0 Å². The van der Waals surface area contributed by atoms with Crippen molar-refractivity contribution in [3.63, 3.8) is 0 Å². The SMILES string of the molecule is COc1ccc(NS(=O)(=O)c2ccc(NC(=O)c3ccc(NS(=O)(=O)c4ccc(C)cc4)c(C)c3)cc2)c(OC)c1. The van der Waals surface area contributed by atoms with Crippen molar-refractivity contribution < 1.29 is 31.1 Å². The van der Waals surface area contributed by atoms with E-state index in [1.54, 1.807) is 37.3 Å². The Morgan fingerprint density at radius 2 is 1.22 bits per heavy atom. The number of aryl methyl sites for hydroxylation is 2. The lowest BCUT2D eigenvalue weighted by Crippen LogP contribution is -2.16. The van der Waals surface area contributed by atoms with Gasteiger partial charge in [-0.25, -0.2) is 16.8 Å². The minimum Gasteiger partial charge on any atom is -0.497 e. The maximum absolute atomic E-state index is 12.9. The summed E-state index contributed by atoms with van der Waals surface area (Å²) in [5, 5.41) is 2.72. The third-order valence-corrected chi connectivity index (χ3v) is 8.90. The molecular weight excluding hydrogens is 566 g/mol. The molecule has 41 heavy (non-hydrogen) atoms. The van der Waals surface area contributed by atoms with Crippen LogP contribution in [0.1, 0.15) is 21.5 Å². The summed E-state index contributed by atoms with van der Waals surface area (Å²) in [5.41, 5.74) is 2.75. The van der Waals surface area contributed by atoms with Crippen LogP contribution >= 0.6 is 0 Å². The first-order valence-electron chi connectivity index (χ1n) is 12.3. The first kappa shape index (κ1) is 29.4. The van der Waals surface area contributed by atoms with Gasteiger partial charge in [0.2, 0.25) is 0 Å². The molecule has 12 heteroatoms. The summed E-state index contributed by atoms with van der Waals surface area (Å²) in [5.74, 6) is 0.358. The average Bonchev–Trinajstić information content (AvgIpc) is 2.94. The van der Waals surface area contributed by atoms with Crippen LogP contribution in [0.3, 0.4) is 0 Å². The molecule has 0 saturated carbocycles. The highest BCUT2D eigenvalue weighted by Crippen LogP contribution is 2.31. The molecule has 3 N–H and O–H groups in total. The van der Waals surface area contributed by atoms with Gasteiger partial charge in [0.15, 0.2) is 0 Å². The summed E-state index contributed by atoms with van der Waals surface area (Å²) in [6.07, 6.45) is 0. The van der Waals surface area contributed by atoms with Crippen molar-refractivity contribution in [1.29, 1.82) is 0 Å². The van der Waals surface area contributed by atoms with Gasteiger partial charge in [-0.3, -0.25) is 14.2 Å². The summed E-state index contributed by atoms with van der Waals surface area (Å²) in [4.78, 5) is 13.0. The number of benzene rings is 4. The van der Waals surface area contributed by atoms with Crippen molar-refractivity contribution in [3.05, 3.63) is 102 Å². The molecule has 0 aromatic heterocycles. The summed E-state index contributed by atoms with van der Waals surface area (Å²) < 4.78 is 66.7. The molecule has 0 aliphatic rings. The number of anilines is 3. The van der Waals surface area contributed by atoms with Crippen LogP contribution in [0.5, 0.6) is 11.5 Å². The Morgan fingerprint density at radius 1 is 0.659 bits per heavy atom. The highest BCUT2D eigenvalue weighted by molar-refractivity contribution is 7.93. The molecule has 1 amide bonds. The van der Waals surface area contributed by atoms with E-state index in [-0.39, 0.29) is 15.5 Å². The standard InChI is InChI=1S/C29H29N3O7S2/c1-19-5-11-24(12-6-19)40(34,35)31-26-15-7-21(17-20(26)2)29(33)30-22-8-13-25(14-9-22)41(36,37)32-27-16-10-23(38-3)18-28(27)39-4/h5-18,31-32H,1-4H3,(H,30,33). The third-order valence-electron chi connectivity index (χ3n) is 6.14. The normalized spacial score (nSPS) is 11.4. The van der Waals surface area contributed by atoms with E-state index >= 15 is 0 Å². The molecule has 214 valence electrons. The number of nitrogens with one attached hydrogen (secondary N) is 3. The molecule has 0 atom stereocenters. The Hall–Kier alpha value is -4.55. The number of carbonyl (C=O) groups is 1. The van der Waals surface area contributed by atoms with Crippen molar-refractivity contribution in [2.45, 2.75) is 23.6 Å². The Bertz CT molecular complexity index is 1790. The minimum absolute atomic E-state index is 0.0190. The van der Waals surface area contributed by atoms with E-state index in [9.17, 15) is 21.6 Å². The lowest BCUT2D eigenvalue weighted by Gasteiger charge is -2.14. The fraction of sp³-hybridized carbons (Fsp3) is 0.138. The van der Waals surface area contributed by atoms with Crippen molar-refractivity contribution in [2.75, 3.05) is 29.0 Å². The summed E-state index contributed by atoms with van der Waals surface area (Å²) in [6.45, 7) is 3.56. The average molecular weight is 596 g/mol. The van der Waals surface area contributed by atoms with Crippen LogP contribution in [0.15, 0.2) is 94.7 Å². The molecule has 4 rings (SSSR count). The lowest BCUT2D eigenvalue weighted by molar-refractivity contribution is 0.102. The monoisotopic (exact) mass is 595 g/mol. The number of sulfonamides is 2. The van der Waals surface area contributed by atoms with E-state index in [0.717, 1.165) is 5.56 Å². The summed E-state index contributed by atoms with van der Waals surface area (Å²) >= 11 is 0. The van der Waals surface area contributed by atoms with Gasteiger partial charge in [0, 0.05) is 17.3 Å². The van der Waals surface area contributed by atoms with Crippen molar-refractivity contribution in [2.24, 2.45) is 0 Å². The first-order valence-corrected chi connectivity index (χ1v) is 15.2. The maximum atomic E-state index is 12.9. The van der Waals surface area contributed by atoms with E-state index in [2.05, 4.69) is 14.8 Å². The van der Waals surface area contributed by atoms with Gasteiger partial charge >= 0.3 is 0 Å². The molecule has 0 aliphatic heterocycles. The molecule has 0 saturated heterocycles. The van der Waals surface area contributed by atoms with Gasteiger partial charge in [0.05, 0.1) is 35.4 Å². The van der Waals surface area contributed by atoms with Gasteiger partial charge in [0.25, 0.3) is 26.0 Å². The van der Waals surface area contributed by atoms with Gasteiger partial charge in [-0.1, -0.05) is 17.7 Å².